The lowest BCUT2D eigenvalue weighted by Crippen LogP contribution is -2.23. The number of anilines is 1. The number of ether oxygens (including phenoxy) is 1. The van der Waals surface area contributed by atoms with Crippen LogP contribution in [0.15, 0.2) is 35.5 Å². The number of halogens is 3. The lowest BCUT2D eigenvalue weighted by atomic mass is 10.2. The fourth-order valence-electron chi connectivity index (χ4n) is 1.84. The Balaban J connectivity index is 1.90. The number of alkyl halides is 3. The average molecular weight is 358 g/mol. The van der Waals surface area contributed by atoms with Crippen molar-refractivity contribution in [2.45, 2.75) is 26.1 Å². The fourth-order valence-corrected chi connectivity index (χ4v) is 2.66. The van der Waals surface area contributed by atoms with Gasteiger partial charge in [0.25, 0.3) is 0 Å². The molecule has 3 N–H and O–H groups in total. The molecule has 0 radical (unpaired) electrons. The van der Waals surface area contributed by atoms with E-state index in [2.05, 4.69) is 20.0 Å². The van der Waals surface area contributed by atoms with E-state index in [9.17, 15) is 13.2 Å². The molecule has 0 bridgehead atoms. The summed E-state index contributed by atoms with van der Waals surface area (Å²) < 4.78 is 40.1. The van der Waals surface area contributed by atoms with Crippen molar-refractivity contribution in [2.24, 2.45) is 10.7 Å². The van der Waals surface area contributed by atoms with Crippen molar-refractivity contribution in [1.82, 2.24) is 4.98 Å². The molecule has 1 heterocycles. The predicted molar refractivity (Wildman–Crippen MR) is 88.5 cm³/mol. The predicted octanol–water partition coefficient (Wildman–Crippen LogP) is 3.88. The van der Waals surface area contributed by atoms with Crippen molar-refractivity contribution >= 4 is 23.0 Å². The molecule has 0 saturated heterocycles. The number of nitrogens with two attached hydrogens (primary N) is 1. The van der Waals surface area contributed by atoms with Gasteiger partial charge in [0.2, 0.25) is 0 Å². The molecule has 0 spiro atoms. The maximum atomic E-state index is 12.1. The molecule has 1 aromatic heterocycles. The highest BCUT2D eigenvalue weighted by Crippen LogP contribution is 2.24. The maximum Gasteiger partial charge on any atom is 0.573 e. The first-order chi connectivity index (χ1) is 11.2. The number of hydrogen-bond donors (Lipinski definition) is 2. The van der Waals surface area contributed by atoms with E-state index in [1.807, 2.05) is 20.0 Å². The summed E-state index contributed by atoms with van der Waals surface area (Å²) in [4.78, 5) is 9.66. The van der Waals surface area contributed by atoms with Gasteiger partial charge in [-0.15, -0.1) is 24.5 Å². The van der Waals surface area contributed by atoms with Crippen LogP contribution in [0.2, 0.25) is 0 Å². The van der Waals surface area contributed by atoms with Crippen molar-refractivity contribution in [3.63, 3.8) is 0 Å². The zero-order valence-corrected chi connectivity index (χ0v) is 13.9. The number of thiazole rings is 1. The summed E-state index contributed by atoms with van der Waals surface area (Å²) in [5, 5.41) is 3.80. The second kappa shape index (κ2) is 7.52. The Kier molecular flexibility index (Phi) is 5.66. The Morgan fingerprint density at radius 2 is 2.04 bits per heavy atom. The molecule has 2 rings (SSSR count). The highest BCUT2D eigenvalue weighted by atomic mass is 32.1. The highest BCUT2D eigenvalue weighted by Gasteiger charge is 2.30. The molecule has 24 heavy (non-hydrogen) atoms. The highest BCUT2D eigenvalue weighted by molar-refractivity contribution is 7.11. The van der Waals surface area contributed by atoms with Gasteiger partial charge in [-0.25, -0.2) is 4.98 Å². The first kappa shape index (κ1) is 18.1. The smallest absolute Gasteiger partial charge is 0.406 e. The second-order valence-corrected chi connectivity index (χ2v) is 6.40. The van der Waals surface area contributed by atoms with Gasteiger partial charge in [-0.1, -0.05) is 6.92 Å². The van der Waals surface area contributed by atoms with Crippen LogP contribution in [0, 0.1) is 6.92 Å². The third-order valence-corrected chi connectivity index (χ3v) is 4.10. The van der Waals surface area contributed by atoms with E-state index in [0.717, 1.165) is 9.88 Å². The third-order valence-electron chi connectivity index (χ3n) is 2.96. The molecule has 1 atom stereocenters. The minimum absolute atomic E-state index is 0.131. The summed E-state index contributed by atoms with van der Waals surface area (Å²) >= 11 is 1.61. The van der Waals surface area contributed by atoms with Gasteiger partial charge in [0.15, 0.2) is 5.96 Å². The van der Waals surface area contributed by atoms with Gasteiger partial charge in [-0.05, 0) is 31.2 Å². The zero-order chi connectivity index (χ0) is 17.7. The van der Waals surface area contributed by atoms with Gasteiger partial charge >= 0.3 is 6.36 Å². The Labute approximate surface area is 141 Å². The van der Waals surface area contributed by atoms with E-state index >= 15 is 0 Å². The van der Waals surface area contributed by atoms with Crippen LogP contribution < -0.4 is 15.8 Å². The standard InChI is InChI=1S/C15H17F3N4OS/c1-9(13-20-8-10(2)24-13)7-21-14(19)22-11-3-5-12(6-4-11)23-15(16,17)18/h3-6,8-9H,7H2,1-2H3,(H3,19,21,22). The van der Waals surface area contributed by atoms with Crippen LogP contribution in [-0.4, -0.2) is 23.9 Å². The fraction of sp³-hybridized carbons (Fsp3) is 0.333. The molecule has 1 unspecified atom stereocenters. The molecule has 2 aromatic rings. The molecule has 9 heteroatoms. The van der Waals surface area contributed by atoms with Crippen LogP contribution in [0.1, 0.15) is 22.7 Å². The number of nitrogens with one attached hydrogen (secondary N) is 1. The lowest BCUT2D eigenvalue weighted by molar-refractivity contribution is -0.274. The topological polar surface area (TPSA) is 72.5 Å². The zero-order valence-electron chi connectivity index (χ0n) is 13.1. The van der Waals surface area contributed by atoms with Crippen molar-refractivity contribution in [3.8, 4) is 5.75 Å². The summed E-state index contributed by atoms with van der Waals surface area (Å²) in [7, 11) is 0. The summed E-state index contributed by atoms with van der Waals surface area (Å²) in [6, 6.07) is 5.25. The summed E-state index contributed by atoms with van der Waals surface area (Å²) in [5.74, 6) is 0.0163. The number of aliphatic imine (C=N–C) groups is 1. The van der Waals surface area contributed by atoms with Crippen LogP contribution >= 0.6 is 11.3 Å². The summed E-state index contributed by atoms with van der Waals surface area (Å²) in [6.07, 6.45) is -2.90. The SMILES string of the molecule is Cc1cnc(C(C)CN=C(N)Nc2ccc(OC(F)(F)F)cc2)s1. The minimum Gasteiger partial charge on any atom is -0.406 e. The van der Waals surface area contributed by atoms with Crippen molar-refractivity contribution in [2.75, 3.05) is 11.9 Å². The molecule has 0 saturated carbocycles. The van der Waals surface area contributed by atoms with Gasteiger partial charge in [0, 0.05) is 22.7 Å². The van der Waals surface area contributed by atoms with Crippen molar-refractivity contribution < 1.29 is 17.9 Å². The molecule has 0 aliphatic heterocycles. The Morgan fingerprint density at radius 3 is 2.58 bits per heavy atom. The van der Waals surface area contributed by atoms with E-state index in [1.165, 1.54) is 24.3 Å². The largest absolute Gasteiger partial charge is 0.573 e. The number of hydrogen-bond acceptors (Lipinski definition) is 4. The number of benzene rings is 1. The first-order valence-corrected chi connectivity index (χ1v) is 7.89. The van der Waals surface area contributed by atoms with Gasteiger partial charge in [0.05, 0.1) is 11.6 Å². The van der Waals surface area contributed by atoms with E-state index in [4.69, 9.17) is 5.73 Å². The van der Waals surface area contributed by atoms with Gasteiger partial charge in [0.1, 0.15) is 5.75 Å². The van der Waals surface area contributed by atoms with Crippen LogP contribution in [0.5, 0.6) is 5.75 Å². The normalized spacial score (nSPS) is 13.6. The maximum absolute atomic E-state index is 12.1. The average Bonchev–Trinajstić information content (AvgIpc) is 2.92. The Hall–Kier alpha value is -2.29. The van der Waals surface area contributed by atoms with E-state index in [1.54, 1.807) is 11.3 Å². The second-order valence-electron chi connectivity index (χ2n) is 5.13. The first-order valence-electron chi connectivity index (χ1n) is 7.08. The van der Waals surface area contributed by atoms with Gasteiger partial charge in [-0.2, -0.15) is 0 Å². The summed E-state index contributed by atoms with van der Waals surface area (Å²) in [5.41, 5.74) is 6.30. The van der Waals surface area contributed by atoms with Crippen LogP contribution in [0.3, 0.4) is 0 Å². The van der Waals surface area contributed by atoms with Crippen LogP contribution in [0.4, 0.5) is 18.9 Å². The van der Waals surface area contributed by atoms with Crippen LogP contribution in [-0.2, 0) is 0 Å². The number of guanidine groups is 1. The molecular weight excluding hydrogens is 341 g/mol. The Morgan fingerprint density at radius 1 is 1.38 bits per heavy atom. The third kappa shape index (κ3) is 5.73. The minimum atomic E-state index is -4.71. The molecule has 0 aliphatic carbocycles. The molecule has 0 fully saturated rings. The number of rotatable bonds is 5. The van der Waals surface area contributed by atoms with E-state index < -0.39 is 6.36 Å². The van der Waals surface area contributed by atoms with Crippen molar-refractivity contribution in [1.29, 1.82) is 0 Å². The molecule has 1 aromatic carbocycles. The molecular formula is C15H17F3N4OS. The van der Waals surface area contributed by atoms with E-state index in [-0.39, 0.29) is 17.6 Å². The summed E-state index contributed by atoms with van der Waals surface area (Å²) in [6.45, 7) is 4.44. The van der Waals surface area contributed by atoms with Gasteiger partial charge < -0.3 is 15.8 Å². The molecule has 0 aliphatic rings. The lowest BCUT2D eigenvalue weighted by Gasteiger charge is -2.10. The van der Waals surface area contributed by atoms with Crippen LogP contribution in [0.25, 0.3) is 0 Å². The monoisotopic (exact) mass is 358 g/mol. The molecule has 130 valence electrons. The van der Waals surface area contributed by atoms with E-state index in [0.29, 0.717) is 12.2 Å². The number of nitrogens with zero attached hydrogens (tertiary/aromatic N) is 2. The van der Waals surface area contributed by atoms with Gasteiger partial charge in [-0.3, -0.25) is 4.99 Å². The molecule has 0 amide bonds. The quantitative estimate of drug-likeness (QED) is 0.628. The number of aryl methyl sites for hydroxylation is 1. The molecule has 5 nitrogen and oxygen atoms in total. The Bertz CT molecular complexity index is 697. The van der Waals surface area contributed by atoms with Crippen molar-refractivity contribution in [3.05, 3.63) is 40.3 Å². The number of aromatic nitrogens is 1.